The molecule has 0 heterocycles. The lowest BCUT2D eigenvalue weighted by Gasteiger charge is -2.27. The summed E-state index contributed by atoms with van der Waals surface area (Å²) in [5.74, 6) is -1.68. The fourth-order valence-electron chi connectivity index (χ4n) is 2.39. The van der Waals surface area contributed by atoms with Crippen molar-refractivity contribution in [3.05, 3.63) is 0 Å². The van der Waals surface area contributed by atoms with E-state index in [0.29, 0.717) is 32.1 Å². The lowest BCUT2D eigenvalue weighted by atomic mass is 9.76. The Morgan fingerprint density at radius 2 is 1.75 bits per heavy atom. The second-order valence-electron chi connectivity index (χ2n) is 4.45. The molecule has 0 aromatic rings. The van der Waals surface area contributed by atoms with Gasteiger partial charge in [0.05, 0.1) is 12.6 Å². The van der Waals surface area contributed by atoms with Gasteiger partial charge in [0.15, 0.2) is 0 Å². The fourth-order valence-corrected chi connectivity index (χ4v) is 2.39. The van der Waals surface area contributed by atoms with Gasteiger partial charge in [-0.2, -0.15) is 0 Å². The van der Waals surface area contributed by atoms with Gasteiger partial charge in [0.25, 0.3) is 0 Å². The van der Waals surface area contributed by atoms with Gasteiger partial charge >= 0.3 is 5.97 Å². The highest BCUT2D eigenvalue weighted by molar-refractivity contribution is 5.86. The second kappa shape index (κ2) is 6.61. The molecule has 0 aliphatic heterocycles. The predicted octanol–water partition coefficient (Wildman–Crippen LogP) is 2.59. The lowest BCUT2D eigenvalue weighted by molar-refractivity contribution is -0.148. The Hall–Kier alpha value is -0.930. The van der Waals surface area contributed by atoms with Crippen LogP contribution in [0.1, 0.15) is 44.9 Å². The number of halogens is 1. The van der Waals surface area contributed by atoms with Crippen molar-refractivity contribution < 1.29 is 19.1 Å². The third-order valence-electron chi connectivity index (χ3n) is 3.30. The smallest absolute Gasteiger partial charge is 0.307 e. The van der Waals surface area contributed by atoms with Crippen LogP contribution in [0.5, 0.6) is 0 Å². The molecule has 3 nitrogen and oxygen atoms in total. The van der Waals surface area contributed by atoms with E-state index in [1.807, 2.05) is 0 Å². The molecule has 1 rings (SSSR count). The van der Waals surface area contributed by atoms with Crippen LogP contribution in [0.15, 0.2) is 0 Å². The summed E-state index contributed by atoms with van der Waals surface area (Å²) >= 11 is 0. The molecule has 1 N–H and O–H groups in total. The molecule has 4 heteroatoms. The summed E-state index contributed by atoms with van der Waals surface area (Å²) in [6, 6.07) is 0. The minimum Gasteiger partial charge on any atom is -0.481 e. The van der Waals surface area contributed by atoms with Gasteiger partial charge in [-0.15, -0.1) is 0 Å². The monoisotopic (exact) mass is 230 g/mol. The Balaban J connectivity index is 2.47. The second-order valence-corrected chi connectivity index (χ2v) is 4.45. The third kappa shape index (κ3) is 3.58. The molecule has 1 saturated carbocycles. The van der Waals surface area contributed by atoms with Crippen LogP contribution in [-0.2, 0) is 9.59 Å². The summed E-state index contributed by atoms with van der Waals surface area (Å²) in [4.78, 5) is 22.8. The Morgan fingerprint density at radius 1 is 1.12 bits per heavy atom. The number of alkyl halides is 1. The highest BCUT2D eigenvalue weighted by atomic mass is 19.1. The van der Waals surface area contributed by atoms with Gasteiger partial charge < -0.3 is 5.11 Å². The third-order valence-corrected chi connectivity index (χ3v) is 3.30. The maximum atomic E-state index is 11.9. The number of carbonyl (C=O) groups excluding carboxylic acids is 1. The number of carbonyl (C=O) groups is 2. The standard InChI is InChI=1S/C12H19FO3/c13-8-4-3-7-11(14)9-5-1-2-6-10(9)12(15)16/h9-10H,1-8H2,(H,15,16). The Kier molecular flexibility index (Phi) is 5.43. The fraction of sp³-hybridized carbons (Fsp3) is 0.833. The number of hydrogen-bond donors (Lipinski definition) is 1. The van der Waals surface area contributed by atoms with Crippen molar-refractivity contribution in [2.45, 2.75) is 44.9 Å². The number of Topliss-reactive ketones (excluding diaryl/α,β-unsaturated/α-hetero) is 1. The summed E-state index contributed by atoms with van der Waals surface area (Å²) in [6.07, 6.45) is 4.39. The van der Waals surface area contributed by atoms with Crippen LogP contribution in [-0.4, -0.2) is 23.5 Å². The predicted molar refractivity (Wildman–Crippen MR) is 57.9 cm³/mol. The SMILES string of the molecule is O=C(O)C1CCCCC1C(=O)CCCCF. The zero-order valence-electron chi connectivity index (χ0n) is 9.45. The van der Waals surface area contributed by atoms with Crippen LogP contribution in [0.3, 0.4) is 0 Å². The molecule has 1 aliphatic rings. The van der Waals surface area contributed by atoms with Gasteiger partial charge in [-0.1, -0.05) is 12.8 Å². The van der Waals surface area contributed by atoms with Crippen LogP contribution < -0.4 is 0 Å². The molecule has 2 unspecified atom stereocenters. The van der Waals surface area contributed by atoms with E-state index in [-0.39, 0.29) is 11.7 Å². The highest BCUT2D eigenvalue weighted by Gasteiger charge is 2.34. The molecule has 2 atom stereocenters. The zero-order valence-corrected chi connectivity index (χ0v) is 9.45. The van der Waals surface area contributed by atoms with Crippen molar-refractivity contribution in [3.8, 4) is 0 Å². The number of carboxylic acids is 1. The van der Waals surface area contributed by atoms with Crippen molar-refractivity contribution >= 4 is 11.8 Å². The number of ketones is 1. The van der Waals surface area contributed by atoms with Gasteiger partial charge in [0.2, 0.25) is 0 Å². The van der Waals surface area contributed by atoms with E-state index in [1.165, 1.54) is 0 Å². The summed E-state index contributed by atoms with van der Waals surface area (Å²) < 4.78 is 11.9. The lowest BCUT2D eigenvalue weighted by Crippen LogP contribution is -2.32. The first kappa shape index (κ1) is 13.1. The molecular weight excluding hydrogens is 211 g/mol. The van der Waals surface area contributed by atoms with E-state index in [1.54, 1.807) is 0 Å². The van der Waals surface area contributed by atoms with Gasteiger partial charge in [-0.3, -0.25) is 14.0 Å². The van der Waals surface area contributed by atoms with Crippen molar-refractivity contribution in [1.29, 1.82) is 0 Å². The average molecular weight is 230 g/mol. The first-order valence-corrected chi connectivity index (χ1v) is 5.98. The largest absolute Gasteiger partial charge is 0.481 e. The molecule has 0 aromatic heterocycles. The maximum absolute atomic E-state index is 11.9. The van der Waals surface area contributed by atoms with Crippen LogP contribution in [0.2, 0.25) is 0 Å². The number of carboxylic acid groups (broad SMARTS) is 1. The minimum atomic E-state index is -0.858. The van der Waals surface area contributed by atoms with Gasteiger partial charge in [0, 0.05) is 12.3 Å². The quantitative estimate of drug-likeness (QED) is 0.713. The zero-order chi connectivity index (χ0) is 12.0. The first-order chi connectivity index (χ1) is 7.66. The summed E-state index contributed by atoms with van der Waals surface area (Å²) in [6.45, 7) is -0.402. The van der Waals surface area contributed by atoms with Crippen LogP contribution in [0, 0.1) is 11.8 Å². The maximum Gasteiger partial charge on any atom is 0.307 e. The van der Waals surface area contributed by atoms with E-state index >= 15 is 0 Å². The number of hydrogen-bond acceptors (Lipinski definition) is 2. The van der Waals surface area contributed by atoms with Gasteiger partial charge in [0.1, 0.15) is 5.78 Å². The van der Waals surface area contributed by atoms with E-state index in [9.17, 15) is 14.0 Å². The summed E-state index contributed by atoms with van der Waals surface area (Å²) in [5, 5.41) is 9.02. The minimum absolute atomic E-state index is 0.0144. The molecule has 0 saturated heterocycles. The van der Waals surface area contributed by atoms with Crippen LogP contribution in [0.25, 0.3) is 0 Å². The van der Waals surface area contributed by atoms with Gasteiger partial charge in [-0.25, -0.2) is 0 Å². The topological polar surface area (TPSA) is 54.4 Å². The molecule has 0 bridgehead atoms. The van der Waals surface area contributed by atoms with E-state index in [2.05, 4.69) is 0 Å². The van der Waals surface area contributed by atoms with Gasteiger partial charge in [-0.05, 0) is 25.7 Å². The number of rotatable bonds is 6. The molecule has 1 aliphatic carbocycles. The molecular formula is C12H19FO3. The Bertz CT molecular complexity index is 253. The molecule has 0 spiro atoms. The molecule has 92 valence electrons. The van der Waals surface area contributed by atoms with Crippen molar-refractivity contribution in [2.75, 3.05) is 6.67 Å². The molecule has 0 aromatic carbocycles. The van der Waals surface area contributed by atoms with Crippen LogP contribution in [0.4, 0.5) is 4.39 Å². The molecule has 1 fully saturated rings. The van der Waals surface area contributed by atoms with Crippen molar-refractivity contribution in [2.24, 2.45) is 11.8 Å². The van der Waals surface area contributed by atoms with E-state index in [0.717, 1.165) is 12.8 Å². The normalized spacial score (nSPS) is 25.3. The van der Waals surface area contributed by atoms with Crippen molar-refractivity contribution in [1.82, 2.24) is 0 Å². The Labute approximate surface area is 95.0 Å². The van der Waals surface area contributed by atoms with E-state index in [4.69, 9.17) is 5.11 Å². The Morgan fingerprint density at radius 3 is 2.31 bits per heavy atom. The van der Waals surface area contributed by atoms with Crippen LogP contribution >= 0.6 is 0 Å². The average Bonchev–Trinajstić information content (AvgIpc) is 2.29. The highest BCUT2D eigenvalue weighted by Crippen LogP contribution is 2.32. The van der Waals surface area contributed by atoms with Crippen molar-refractivity contribution in [3.63, 3.8) is 0 Å². The first-order valence-electron chi connectivity index (χ1n) is 5.98. The molecule has 16 heavy (non-hydrogen) atoms. The van der Waals surface area contributed by atoms with E-state index < -0.39 is 18.6 Å². The summed E-state index contributed by atoms with van der Waals surface area (Å²) in [5.41, 5.74) is 0. The molecule has 0 amide bonds. The molecule has 0 radical (unpaired) electrons. The summed E-state index contributed by atoms with van der Waals surface area (Å²) in [7, 11) is 0. The number of aliphatic carboxylic acids is 1. The number of unbranched alkanes of at least 4 members (excludes halogenated alkanes) is 1.